The summed E-state index contributed by atoms with van der Waals surface area (Å²) in [7, 11) is 0. The first-order valence-corrected chi connectivity index (χ1v) is 10.9. The third kappa shape index (κ3) is 5.76. The highest BCUT2D eigenvalue weighted by Gasteiger charge is 2.26. The van der Waals surface area contributed by atoms with Crippen molar-refractivity contribution in [2.45, 2.75) is 20.5 Å². The molecule has 2 aromatic carbocycles. The number of hydrogen-bond acceptors (Lipinski definition) is 4. The van der Waals surface area contributed by atoms with Crippen molar-refractivity contribution in [1.29, 1.82) is 0 Å². The monoisotopic (exact) mass is 704 g/mol. The zero-order chi connectivity index (χ0) is 20.1. The van der Waals surface area contributed by atoms with Crippen LogP contribution in [0, 0.1) is 10.7 Å². The van der Waals surface area contributed by atoms with Crippen LogP contribution in [0.3, 0.4) is 0 Å². The van der Waals surface area contributed by atoms with E-state index in [1.807, 2.05) is 98.1 Å². The molecule has 0 heterocycles. The summed E-state index contributed by atoms with van der Waals surface area (Å²) >= 11 is 6.05. The first-order valence-electron chi connectivity index (χ1n) is 7.69. The number of amides is 2. The summed E-state index contributed by atoms with van der Waals surface area (Å²) in [5.74, 6) is -1.07. The van der Waals surface area contributed by atoms with Gasteiger partial charge < -0.3 is 15.4 Å². The van der Waals surface area contributed by atoms with E-state index in [0.29, 0.717) is 27.6 Å². The topological polar surface area (TPSA) is 84.5 Å². The number of carbonyl (C=O) groups is 3. The van der Waals surface area contributed by atoms with Crippen molar-refractivity contribution < 1.29 is 19.1 Å². The molecule has 6 nitrogen and oxygen atoms in total. The molecule has 142 valence electrons. The molecule has 0 atom stereocenters. The van der Waals surface area contributed by atoms with Crippen LogP contribution in [-0.4, -0.2) is 17.8 Å². The SMILES string of the molecule is CC(=O)Nc1c(I)c(NC(C)=O)c(I)c(C(=O)OCc2ccccc2)c1I. The predicted molar refractivity (Wildman–Crippen MR) is 129 cm³/mol. The molecule has 0 spiro atoms. The summed E-state index contributed by atoms with van der Waals surface area (Å²) in [6.45, 7) is 2.90. The Morgan fingerprint density at radius 3 is 1.78 bits per heavy atom. The van der Waals surface area contributed by atoms with Gasteiger partial charge in [-0.05, 0) is 73.3 Å². The van der Waals surface area contributed by atoms with Crippen molar-refractivity contribution in [2.75, 3.05) is 10.6 Å². The van der Waals surface area contributed by atoms with Gasteiger partial charge in [-0.2, -0.15) is 0 Å². The van der Waals surface area contributed by atoms with Gasteiger partial charge in [-0.25, -0.2) is 4.79 Å². The minimum atomic E-state index is -0.526. The molecule has 0 saturated heterocycles. The second-order valence-electron chi connectivity index (χ2n) is 5.49. The first-order chi connectivity index (χ1) is 12.7. The summed E-state index contributed by atoms with van der Waals surface area (Å²) in [4.78, 5) is 36.0. The third-order valence-corrected chi connectivity index (χ3v) is 6.57. The smallest absolute Gasteiger partial charge is 0.340 e. The lowest BCUT2D eigenvalue weighted by Crippen LogP contribution is -2.19. The number of ether oxygens (including phenoxy) is 1. The second-order valence-corrected chi connectivity index (χ2v) is 8.73. The van der Waals surface area contributed by atoms with Crippen LogP contribution >= 0.6 is 67.8 Å². The lowest BCUT2D eigenvalue weighted by Gasteiger charge is -2.19. The Kier molecular flexibility index (Phi) is 8.27. The predicted octanol–water partition coefficient (Wildman–Crippen LogP) is 4.77. The van der Waals surface area contributed by atoms with Crippen molar-refractivity contribution in [3.05, 3.63) is 52.2 Å². The molecule has 2 amide bonds. The molecular formula is C18H15I3N2O4. The molecule has 0 radical (unpaired) electrons. The van der Waals surface area contributed by atoms with Crippen LogP contribution in [-0.2, 0) is 20.9 Å². The van der Waals surface area contributed by atoms with Crippen molar-refractivity contribution in [3.8, 4) is 0 Å². The minimum absolute atomic E-state index is 0.128. The highest BCUT2D eigenvalue weighted by molar-refractivity contribution is 14.1. The molecule has 2 rings (SSSR count). The van der Waals surface area contributed by atoms with E-state index < -0.39 is 5.97 Å². The molecule has 2 N–H and O–H groups in total. The Morgan fingerprint density at radius 2 is 1.33 bits per heavy atom. The highest BCUT2D eigenvalue weighted by atomic mass is 127. The first kappa shape index (κ1) is 22.3. The van der Waals surface area contributed by atoms with Gasteiger partial charge >= 0.3 is 5.97 Å². The molecule has 27 heavy (non-hydrogen) atoms. The maximum atomic E-state index is 12.8. The Labute approximate surface area is 197 Å². The molecular weight excluding hydrogens is 689 g/mol. The van der Waals surface area contributed by atoms with Gasteiger partial charge in [-0.3, -0.25) is 9.59 Å². The van der Waals surface area contributed by atoms with E-state index in [9.17, 15) is 14.4 Å². The van der Waals surface area contributed by atoms with Crippen LogP contribution in [0.4, 0.5) is 11.4 Å². The normalized spacial score (nSPS) is 10.3. The van der Waals surface area contributed by atoms with E-state index >= 15 is 0 Å². The maximum Gasteiger partial charge on any atom is 0.340 e. The van der Waals surface area contributed by atoms with E-state index in [4.69, 9.17) is 4.74 Å². The van der Waals surface area contributed by atoms with Crippen molar-refractivity contribution in [2.24, 2.45) is 0 Å². The number of esters is 1. The Morgan fingerprint density at radius 1 is 0.852 bits per heavy atom. The number of rotatable bonds is 5. The zero-order valence-corrected chi connectivity index (χ0v) is 20.8. The third-order valence-electron chi connectivity index (χ3n) is 3.34. The average Bonchev–Trinajstić information content (AvgIpc) is 2.61. The number of nitrogens with one attached hydrogen (secondary N) is 2. The number of carbonyl (C=O) groups excluding carboxylic acids is 3. The van der Waals surface area contributed by atoms with Crippen molar-refractivity contribution in [1.82, 2.24) is 0 Å². The average molecular weight is 704 g/mol. The highest BCUT2D eigenvalue weighted by Crippen LogP contribution is 2.39. The Bertz CT molecular complexity index is 858. The summed E-state index contributed by atoms with van der Waals surface area (Å²) in [6.07, 6.45) is 0. The number of anilines is 2. The van der Waals surface area contributed by atoms with Crippen LogP contribution in [0.25, 0.3) is 0 Å². The van der Waals surface area contributed by atoms with E-state index in [2.05, 4.69) is 10.6 Å². The van der Waals surface area contributed by atoms with Crippen LogP contribution in [0.15, 0.2) is 30.3 Å². The summed E-state index contributed by atoms with van der Waals surface area (Å²) < 4.78 is 7.22. The summed E-state index contributed by atoms with van der Waals surface area (Å²) in [5, 5.41) is 5.47. The van der Waals surface area contributed by atoms with Crippen molar-refractivity contribution in [3.63, 3.8) is 0 Å². The van der Waals surface area contributed by atoms with Gasteiger partial charge in [0.25, 0.3) is 0 Å². The molecule has 0 fully saturated rings. The van der Waals surface area contributed by atoms with Gasteiger partial charge in [0.15, 0.2) is 0 Å². The molecule has 0 unspecified atom stereocenters. The largest absolute Gasteiger partial charge is 0.457 e. The van der Waals surface area contributed by atoms with Gasteiger partial charge in [0.05, 0.1) is 27.6 Å². The number of halogens is 3. The molecule has 0 saturated carbocycles. The number of hydrogen-bond donors (Lipinski definition) is 2. The summed E-state index contributed by atoms with van der Waals surface area (Å²) in [6, 6.07) is 9.34. The van der Waals surface area contributed by atoms with Gasteiger partial charge in [-0.15, -0.1) is 0 Å². The van der Waals surface area contributed by atoms with Crippen LogP contribution in [0.5, 0.6) is 0 Å². The lowest BCUT2D eigenvalue weighted by molar-refractivity contribution is -0.115. The van der Waals surface area contributed by atoms with E-state index in [1.54, 1.807) is 0 Å². The summed E-state index contributed by atoms with van der Waals surface area (Å²) in [5.41, 5.74) is 2.12. The molecule has 0 aliphatic rings. The molecule has 0 aliphatic heterocycles. The van der Waals surface area contributed by atoms with Gasteiger partial charge in [0, 0.05) is 13.8 Å². The van der Waals surface area contributed by atoms with Crippen LogP contribution < -0.4 is 10.6 Å². The second kappa shape index (κ2) is 10.0. The maximum absolute atomic E-state index is 12.8. The zero-order valence-electron chi connectivity index (χ0n) is 14.4. The fraction of sp³-hybridized carbons (Fsp3) is 0.167. The minimum Gasteiger partial charge on any atom is -0.457 e. The lowest BCUT2D eigenvalue weighted by atomic mass is 10.1. The molecule has 0 aliphatic carbocycles. The number of benzene rings is 2. The van der Waals surface area contributed by atoms with Gasteiger partial charge in [0.1, 0.15) is 6.61 Å². The van der Waals surface area contributed by atoms with Crippen LogP contribution in [0.2, 0.25) is 0 Å². The van der Waals surface area contributed by atoms with Gasteiger partial charge in [0.2, 0.25) is 11.8 Å². The quantitative estimate of drug-likeness (QED) is 0.347. The van der Waals surface area contributed by atoms with Crippen LogP contribution in [0.1, 0.15) is 29.8 Å². The van der Waals surface area contributed by atoms with E-state index in [-0.39, 0.29) is 18.4 Å². The Balaban J connectivity index is 2.47. The van der Waals surface area contributed by atoms with Gasteiger partial charge in [-0.1, -0.05) is 30.3 Å². The fourth-order valence-electron chi connectivity index (χ4n) is 2.21. The Hall–Kier alpha value is -0.960. The van der Waals surface area contributed by atoms with E-state index in [1.165, 1.54) is 13.8 Å². The molecule has 0 bridgehead atoms. The fourth-order valence-corrected chi connectivity index (χ4v) is 6.36. The standard InChI is InChI=1S/C18H15I3N2O4/c1-9(24)22-16-13(19)12(14(20)17(15(16)21)23-10(2)25)18(26)27-8-11-6-4-3-5-7-11/h3-7H,8H2,1-2H3,(H,22,24)(H,23,25). The molecule has 0 aromatic heterocycles. The molecule has 2 aromatic rings. The van der Waals surface area contributed by atoms with E-state index in [0.717, 1.165) is 5.56 Å². The van der Waals surface area contributed by atoms with Crippen molar-refractivity contribution >= 4 is 96.9 Å². The molecule has 9 heteroatoms.